The first-order valence-corrected chi connectivity index (χ1v) is 10.1. The Labute approximate surface area is 179 Å². The molecule has 0 aliphatic heterocycles. The minimum atomic E-state index is -0.380. The molecule has 3 heterocycles. The van der Waals surface area contributed by atoms with Crippen molar-refractivity contribution in [2.24, 2.45) is 7.05 Å². The van der Waals surface area contributed by atoms with Gasteiger partial charge in [0.05, 0.1) is 29.8 Å². The minimum Gasteiger partial charge on any atom is -0.444 e. The number of H-pyrrole nitrogens is 1. The van der Waals surface area contributed by atoms with Gasteiger partial charge < -0.3 is 14.6 Å². The van der Waals surface area contributed by atoms with Crippen molar-refractivity contribution >= 4 is 17.9 Å². The van der Waals surface area contributed by atoms with Crippen molar-refractivity contribution in [3.05, 3.63) is 40.7 Å². The highest BCUT2D eigenvalue weighted by molar-refractivity contribution is 5.85. The molecular formula is C21H28N6O4. The predicted molar refractivity (Wildman–Crippen MR) is 115 cm³/mol. The van der Waals surface area contributed by atoms with Gasteiger partial charge in [-0.15, -0.1) is 0 Å². The van der Waals surface area contributed by atoms with Gasteiger partial charge in [0.1, 0.15) is 11.1 Å². The number of rotatable bonds is 3. The van der Waals surface area contributed by atoms with Crippen molar-refractivity contribution in [3.63, 3.8) is 0 Å². The zero-order chi connectivity index (χ0) is 22.8. The van der Waals surface area contributed by atoms with Gasteiger partial charge in [0.15, 0.2) is 6.29 Å². The minimum absolute atomic E-state index is 0.197. The van der Waals surface area contributed by atoms with E-state index in [1.54, 1.807) is 35.2 Å². The van der Waals surface area contributed by atoms with Crippen LogP contribution in [0.25, 0.3) is 16.8 Å². The van der Waals surface area contributed by atoms with Gasteiger partial charge in [0.2, 0.25) is 0 Å². The fourth-order valence-corrected chi connectivity index (χ4v) is 3.09. The molecule has 0 bridgehead atoms. The van der Waals surface area contributed by atoms with Gasteiger partial charge in [-0.25, -0.2) is 9.31 Å². The monoisotopic (exact) mass is 428 g/mol. The van der Waals surface area contributed by atoms with Gasteiger partial charge >= 0.3 is 6.09 Å². The lowest BCUT2D eigenvalue weighted by molar-refractivity contribution is 0.0145. The van der Waals surface area contributed by atoms with Gasteiger partial charge in [-0.3, -0.25) is 14.3 Å². The van der Waals surface area contributed by atoms with Crippen LogP contribution in [0.3, 0.4) is 0 Å². The summed E-state index contributed by atoms with van der Waals surface area (Å²) in [6, 6.07) is 0.412. The summed E-state index contributed by atoms with van der Waals surface area (Å²) in [5.41, 5.74) is 1.16. The van der Waals surface area contributed by atoms with E-state index in [1.807, 2.05) is 27.8 Å². The molecule has 1 aliphatic carbocycles. The fraction of sp³-hybridized carbons (Fsp3) is 0.476. The Morgan fingerprint density at radius 1 is 1.26 bits per heavy atom. The smallest absolute Gasteiger partial charge is 0.410 e. The summed E-state index contributed by atoms with van der Waals surface area (Å²) in [4.78, 5) is 38.6. The molecule has 1 aliphatic rings. The number of amides is 1. The molecule has 166 valence electrons. The standard InChI is InChI=1S/C11H9N5O2.C10H19NO2/c1-15-4-7(2-12-15)9-5-16-10(11(18)14-9)8(6-17)3-13-16;1-10(2,3)13-9(12)11(4)8-6-5-7-8/h2-6H,1H3,(H,14,18);8H,5-7H2,1-4H3. The third kappa shape index (κ3) is 5.19. The lowest BCUT2D eigenvalue weighted by atomic mass is 9.92. The maximum atomic E-state index is 11.9. The number of fused-ring (bicyclic) bond motifs is 1. The number of carbonyl (C=O) groups excluding carboxylic acids is 2. The lowest BCUT2D eigenvalue weighted by Gasteiger charge is -2.35. The average molecular weight is 428 g/mol. The molecule has 31 heavy (non-hydrogen) atoms. The summed E-state index contributed by atoms with van der Waals surface area (Å²) in [7, 11) is 3.61. The molecule has 0 aromatic carbocycles. The van der Waals surface area contributed by atoms with E-state index in [-0.39, 0.29) is 28.3 Å². The Kier molecular flexibility index (Phi) is 6.28. The molecule has 0 spiro atoms. The number of aromatic amines is 1. The molecule has 10 nitrogen and oxygen atoms in total. The van der Waals surface area contributed by atoms with Crippen LogP contribution < -0.4 is 5.56 Å². The molecule has 0 atom stereocenters. The van der Waals surface area contributed by atoms with Crippen molar-refractivity contribution in [2.45, 2.75) is 51.7 Å². The second-order valence-corrected chi connectivity index (χ2v) is 8.59. The highest BCUT2D eigenvalue weighted by atomic mass is 16.6. The Morgan fingerprint density at radius 2 is 1.97 bits per heavy atom. The lowest BCUT2D eigenvalue weighted by Crippen LogP contribution is -2.43. The third-order valence-corrected chi connectivity index (χ3v) is 4.99. The van der Waals surface area contributed by atoms with Crippen molar-refractivity contribution in [2.75, 3.05) is 7.05 Å². The quantitative estimate of drug-likeness (QED) is 0.642. The molecule has 10 heteroatoms. The van der Waals surface area contributed by atoms with Crippen molar-refractivity contribution in [1.82, 2.24) is 29.3 Å². The number of aldehydes is 1. The second-order valence-electron chi connectivity index (χ2n) is 8.59. The summed E-state index contributed by atoms with van der Waals surface area (Å²) in [5.74, 6) is 0. The van der Waals surface area contributed by atoms with E-state index in [4.69, 9.17) is 4.74 Å². The van der Waals surface area contributed by atoms with Gasteiger partial charge in [-0.2, -0.15) is 10.2 Å². The van der Waals surface area contributed by atoms with Crippen LogP contribution >= 0.6 is 0 Å². The molecule has 0 saturated heterocycles. The third-order valence-electron chi connectivity index (χ3n) is 4.99. The first kappa shape index (κ1) is 22.3. The molecule has 1 fully saturated rings. The first-order chi connectivity index (χ1) is 14.6. The topological polar surface area (TPSA) is 115 Å². The van der Waals surface area contributed by atoms with Gasteiger partial charge in [-0.1, -0.05) is 0 Å². The molecule has 0 radical (unpaired) electrons. The van der Waals surface area contributed by atoms with E-state index in [9.17, 15) is 14.4 Å². The van der Waals surface area contributed by atoms with Crippen LogP contribution in [0.1, 0.15) is 50.4 Å². The molecule has 0 unspecified atom stereocenters. The molecule has 1 N–H and O–H groups in total. The fourth-order valence-electron chi connectivity index (χ4n) is 3.09. The Balaban J connectivity index is 0.000000187. The van der Waals surface area contributed by atoms with Crippen LogP contribution in [0.5, 0.6) is 0 Å². The number of nitrogens with zero attached hydrogens (tertiary/aromatic N) is 5. The Bertz CT molecular complexity index is 1130. The highest BCUT2D eigenvalue weighted by Gasteiger charge is 2.28. The zero-order valence-corrected chi connectivity index (χ0v) is 18.5. The molecular weight excluding hydrogens is 400 g/mol. The largest absolute Gasteiger partial charge is 0.444 e. The van der Waals surface area contributed by atoms with Crippen LogP contribution in [0.4, 0.5) is 4.79 Å². The highest BCUT2D eigenvalue weighted by Crippen LogP contribution is 2.24. The van der Waals surface area contributed by atoms with E-state index in [2.05, 4.69) is 15.2 Å². The summed E-state index contributed by atoms with van der Waals surface area (Å²) in [6.07, 6.45) is 10.3. The van der Waals surface area contributed by atoms with Gasteiger partial charge in [0, 0.05) is 31.9 Å². The van der Waals surface area contributed by atoms with Gasteiger partial charge in [-0.05, 0) is 40.0 Å². The number of hydrogen-bond acceptors (Lipinski definition) is 6. The number of aryl methyl sites for hydroxylation is 1. The van der Waals surface area contributed by atoms with E-state index in [1.165, 1.54) is 17.1 Å². The number of carbonyl (C=O) groups is 2. The number of ether oxygens (including phenoxy) is 1. The first-order valence-electron chi connectivity index (χ1n) is 10.1. The maximum absolute atomic E-state index is 11.9. The SMILES string of the molecule is CN(C(=O)OC(C)(C)C)C1CCC1.Cn1cc(-c2cn3ncc(C=O)c3c(=O)[nH]2)cn1. The summed E-state index contributed by atoms with van der Waals surface area (Å²) in [6.45, 7) is 5.67. The van der Waals surface area contributed by atoms with E-state index >= 15 is 0 Å². The van der Waals surface area contributed by atoms with Crippen molar-refractivity contribution < 1.29 is 14.3 Å². The molecule has 1 amide bonds. The number of hydrogen-bond donors (Lipinski definition) is 1. The van der Waals surface area contributed by atoms with Gasteiger partial charge in [0.25, 0.3) is 5.56 Å². The van der Waals surface area contributed by atoms with E-state index < -0.39 is 0 Å². The summed E-state index contributed by atoms with van der Waals surface area (Å²) >= 11 is 0. The maximum Gasteiger partial charge on any atom is 0.410 e. The predicted octanol–water partition coefficient (Wildman–Crippen LogP) is 2.64. The van der Waals surface area contributed by atoms with Crippen LogP contribution in [0.2, 0.25) is 0 Å². The summed E-state index contributed by atoms with van der Waals surface area (Å²) in [5, 5.41) is 8.01. The zero-order valence-electron chi connectivity index (χ0n) is 18.5. The second kappa shape index (κ2) is 8.75. The number of nitrogens with one attached hydrogen (secondary N) is 1. The summed E-state index contributed by atoms with van der Waals surface area (Å²) < 4.78 is 8.27. The van der Waals surface area contributed by atoms with Crippen molar-refractivity contribution in [1.29, 1.82) is 0 Å². The average Bonchev–Trinajstić information content (AvgIpc) is 3.25. The number of aromatic nitrogens is 5. The molecule has 3 aromatic rings. The van der Waals surface area contributed by atoms with Crippen LogP contribution in [-0.2, 0) is 11.8 Å². The van der Waals surface area contributed by atoms with E-state index in [0.717, 1.165) is 18.4 Å². The van der Waals surface area contributed by atoms with Crippen molar-refractivity contribution in [3.8, 4) is 11.3 Å². The Morgan fingerprint density at radius 3 is 2.48 bits per heavy atom. The molecule has 1 saturated carbocycles. The Hall–Kier alpha value is -3.43. The van der Waals surface area contributed by atoms with E-state index in [0.29, 0.717) is 18.0 Å². The van der Waals surface area contributed by atoms with Crippen LogP contribution in [0, 0.1) is 0 Å². The van der Waals surface area contributed by atoms with Crippen LogP contribution in [-0.4, -0.2) is 60.3 Å². The normalized spacial score (nSPS) is 13.8. The molecule has 4 rings (SSSR count). The molecule has 3 aromatic heterocycles. The van der Waals surface area contributed by atoms with Crippen LogP contribution in [0.15, 0.2) is 29.6 Å².